The van der Waals surface area contributed by atoms with Crippen LogP contribution in [0.4, 0.5) is 4.39 Å². The van der Waals surface area contributed by atoms with Crippen molar-refractivity contribution in [1.29, 1.82) is 0 Å². The van der Waals surface area contributed by atoms with Crippen LogP contribution in [0.3, 0.4) is 0 Å². The predicted molar refractivity (Wildman–Crippen MR) is 84.9 cm³/mol. The fraction of sp³-hybridized carbons (Fsp3) is 0.333. The topological polar surface area (TPSA) is 46.3 Å². The number of aryl methyl sites for hydroxylation is 1. The van der Waals surface area contributed by atoms with E-state index in [4.69, 9.17) is 16.1 Å². The maximum Gasteiger partial charge on any atom is 0.259 e. The normalized spacial score (nSPS) is 15.1. The molecule has 1 saturated heterocycles. The molecule has 3 rings (SSSR count). The van der Waals surface area contributed by atoms with Crippen molar-refractivity contribution in [2.24, 2.45) is 0 Å². The van der Waals surface area contributed by atoms with Crippen LogP contribution in [0.1, 0.15) is 16.1 Å². The van der Waals surface area contributed by atoms with Gasteiger partial charge in [-0.15, -0.1) is 0 Å². The van der Waals surface area contributed by atoms with Gasteiger partial charge in [0.2, 0.25) is 0 Å². The van der Waals surface area contributed by atoms with E-state index in [0.29, 0.717) is 24.4 Å². The molecule has 2 heterocycles. The molecule has 0 N–H and O–H groups in total. The first kappa shape index (κ1) is 15.4. The van der Waals surface area contributed by atoms with E-state index in [1.54, 1.807) is 17.9 Å². The first-order valence-corrected chi connectivity index (χ1v) is 8.40. The van der Waals surface area contributed by atoms with Gasteiger partial charge < -0.3 is 9.42 Å². The number of benzene rings is 1. The van der Waals surface area contributed by atoms with E-state index in [1.165, 1.54) is 12.1 Å². The van der Waals surface area contributed by atoms with Gasteiger partial charge in [0.25, 0.3) is 5.91 Å². The third kappa shape index (κ3) is 2.73. The Bertz CT molecular complexity index is 693. The van der Waals surface area contributed by atoms with Crippen LogP contribution in [-0.4, -0.2) is 40.6 Å². The molecule has 0 bridgehead atoms. The van der Waals surface area contributed by atoms with E-state index in [2.05, 4.69) is 5.16 Å². The van der Waals surface area contributed by atoms with E-state index in [-0.39, 0.29) is 22.2 Å². The van der Waals surface area contributed by atoms with Crippen LogP contribution in [0.15, 0.2) is 22.7 Å². The van der Waals surface area contributed by atoms with Gasteiger partial charge in [-0.1, -0.05) is 22.8 Å². The molecule has 0 atom stereocenters. The monoisotopic (exact) mass is 340 g/mol. The highest BCUT2D eigenvalue weighted by atomic mass is 35.5. The minimum Gasteiger partial charge on any atom is -0.360 e. The standard InChI is InChI=1S/C15H14ClFN2O2S/c1-9-12(15(20)19-5-7-22-8-6-19)14(18-21-9)13-10(16)3-2-4-11(13)17/h2-4H,5-8H2,1H3. The summed E-state index contributed by atoms with van der Waals surface area (Å²) in [7, 11) is 0. The van der Waals surface area contributed by atoms with E-state index >= 15 is 0 Å². The molecular formula is C15H14ClFN2O2S. The molecule has 0 spiro atoms. The largest absolute Gasteiger partial charge is 0.360 e. The van der Waals surface area contributed by atoms with Gasteiger partial charge in [-0.25, -0.2) is 4.39 Å². The highest BCUT2D eigenvalue weighted by molar-refractivity contribution is 7.99. The molecule has 1 aliphatic heterocycles. The number of thioether (sulfide) groups is 1. The van der Waals surface area contributed by atoms with Crippen molar-refractivity contribution < 1.29 is 13.7 Å². The lowest BCUT2D eigenvalue weighted by Gasteiger charge is -2.26. The lowest BCUT2D eigenvalue weighted by molar-refractivity contribution is 0.0771. The predicted octanol–water partition coefficient (Wildman–Crippen LogP) is 3.63. The fourth-order valence-corrected chi connectivity index (χ4v) is 3.60. The molecular weight excluding hydrogens is 327 g/mol. The van der Waals surface area contributed by atoms with Gasteiger partial charge in [0.1, 0.15) is 22.8 Å². The average molecular weight is 341 g/mol. The molecule has 0 saturated carbocycles. The van der Waals surface area contributed by atoms with Gasteiger partial charge >= 0.3 is 0 Å². The fourth-order valence-electron chi connectivity index (χ4n) is 2.44. The summed E-state index contributed by atoms with van der Waals surface area (Å²) in [6.07, 6.45) is 0. The molecule has 116 valence electrons. The molecule has 22 heavy (non-hydrogen) atoms. The summed E-state index contributed by atoms with van der Waals surface area (Å²) in [5, 5.41) is 4.08. The average Bonchev–Trinajstić information content (AvgIpc) is 2.89. The van der Waals surface area contributed by atoms with Gasteiger partial charge in [-0.2, -0.15) is 11.8 Å². The highest BCUT2D eigenvalue weighted by Gasteiger charge is 2.29. The number of carbonyl (C=O) groups excluding carboxylic acids is 1. The maximum atomic E-state index is 14.1. The van der Waals surface area contributed by atoms with Crippen molar-refractivity contribution in [3.8, 4) is 11.3 Å². The van der Waals surface area contributed by atoms with Gasteiger partial charge in [0.05, 0.1) is 10.6 Å². The summed E-state index contributed by atoms with van der Waals surface area (Å²) < 4.78 is 19.3. The molecule has 0 unspecified atom stereocenters. The molecule has 4 nitrogen and oxygen atoms in total. The Morgan fingerprint density at radius 2 is 2.14 bits per heavy atom. The number of amides is 1. The van der Waals surface area contributed by atoms with Gasteiger partial charge in [0.15, 0.2) is 0 Å². The first-order valence-electron chi connectivity index (χ1n) is 6.87. The number of rotatable bonds is 2. The zero-order valence-electron chi connectivity index (χ0n) is 11.9. The van der Waals surface area contributed by atoms with Gasteiger partial charge in [0, 0.05) is 24.6 Å². The zero-order chi connectivity index (χ0) is 15.7. The Balaban J connectivity index is 2.06. The van der Waals surface area contributed by atoms with Crippen molar-refractivity contribution in [1.82, 2.24) is 10.1 Å². The summed E-state index contributed by atoms with van der Waals surface area (Å²) in [5.41, 5.74) is 0.568. The molecule has 1 amide bonds. The molecule has 1 aliphatic rings. The number of hydrogen-bond acceptors (Lipinski definition) is 4. The van der Waals surface area contributed by atoms with Gasteiger partial charge in [-0.05, 0) is 19.1 Å². The van der Waals surface area contributed by atoms with Crippen molar-refractivity contribution in [3.05, 3.63) is 40.4 Å². The summed E-state index contributed by atoms with van der Waals surface area (Å²) in [5.74, 6) is 1.45. The lowest BCUT2D eigenvalue weighted by Crippen LogP contribution is -2.38. The molecule has 1 aromatic carbocycles. The second-order valence-corrected chi connectivity index (χ2v) is 6.60. The second kappa shape index (κ2) is 6.30. The SMILES string of the molecule is Cc1onc(-c2c(F)cccc2Cl)c1C(=O)N1CCSCC1. The van der Waals surface area contributed by atoms with E-state index in [1.807, 2.05) is 11.8 Å². The Kier molecular flexibility index (Phi) is 4.40. The van der Waals surface area contributed by atoms with Gasteiger partial charge in [-0.3, -0.25) is 4.79 Å². The Hall–Kier alpha value is -1.53. The Morgan fingerprint density at radius 1 is 1.41 bits per heavy atom. The third-order valence-corrected chi connectivity index (χ3v) is 4.83. The van der Waals surface area contributed by atoms with Crippen LogP contribution in [-0.2, 0) is 0 Å². The number of carbonyl (C=O) groups is 1. The number of halogens is 2. The Morgan fingerprint density at radius 3 is 2.82 bits per heavy atom. The summed E-state index contributed by atoms with van der Waals surface area (Å²) in [6.45, 7) is 2.98. The maximum absolute atomic E-state index is 14.1. The van der Waals surface area contributed by atoms with Crippen molar-refractivity contribution in [2.45, 2.75) is 6.92 Å². The molecule has 1 aromatic heterocycles. The van der Waals surface area contributed by atoms with E-state index in [0.717, 1.165) is 11.5 Å². The smallest absolute Gasteiger partial charge is 0.259 e. The molecule has 0 radical (unpaired) electrons. The second-order valence-electron chi connectivity index (χ2n) is 4.96. The highest BCUT2D eigenvalue weighted by Crippen LogP contribution is 2.34. The summed E-state index contributed by atoms with van der Waals surface area (Å²) >= 11 is 7.89. The minimum absolute atomic E-state index is 0.107. The number of aromatic nitrogens is 1. The van der Waals surface area contributed by atoms with E-state index < -0.39 is 5.82 Å². The van der Waals surface area contributed by atoms with Crippen LogP contribution < -0.4 is 0 Å². The minimum atomic E-state index is -0.524. The summed E-state index contributed by atoms with van der Waals surface area (Å²) in [6, 6.07) is 4.37. The number of nitrogens with zero attached hydrogens (tertiary/aromatic N) is 2. The van der Waals surface area contributed by atoms with E-state index in [9.17, 15) is 9.18 Å². The van der Waals surface area contributed by atoms with Crippen LogP contribution in [0, 0.1) is 12.7 Å². The third-order valence-electron chi connectivity index (χ3n) is 3.57. The molecule has 7 heteroatoms. The zero-order valence-corrected chi connectivity index (χ0v) is 13.5. The number of hydrogen-bond donors (Lipinski definition) is 0. The summed E-state index contributed by atoms with van der Waals surface area (Å²) in [4.78, 5) is 14.5. The van der Waals surface area contributed by atoms with Crippen LogP contribution in [0.25, 0.3) is 11.3 Å². The van der Waals surface area contributed by atoms with Crippen molar-refractivity contribution in [2.75, 3.05) is 24.6 Å². The first-order chi connectivity index (χ1) is 10.6. The van der Waals surface area contributed by atoms with Crippen LogP contribution in [0.2, 0.25) is 5.02 Å². The molecule has 1 fully saturated rings. The lowest BCUT2D eigenvalue weighted by atomic mass is 10.0. The van der Waals surface area contributed by atoms with Crippen molar-refractivity contribution >= 4 is 29.3 Å². The Labute approximate surface area is 136 Å². The van der Waals surface area contributed by atoms with Crippen molar-refractivity contribution in [3.63, 3.8) is 0 Å². The van der Waals surface area contributed by atoms with Crippen LogP contribution in [0.5, 0.6) is 0 Å². The molecule has 2 aromatic rings. The quantitative estimate of drug-likeness (QED) is 0.837. The molecule has 0 aliphatic carbocycles. The van der Waals surface area contributed by atoms with Crippen LogP contribution >= 0.6 is 23.4 Å².